The molecule has 76 valence electrons. The number of likely N-dealkylation sites (tertiary alicyclic amines) is 1. The summed E-state index contributed by atoms with van der Waals surface area (Å²) in [6, 6.07) is 2.23. The first-order valence-corrected chi connectivity index (χ1v) is 5.20. The van der Waals surface area contributed by atoms with Gasteiger partial charge in [0.15, 0.2) is 0 Å². The Morgan fingerprint density at radius 2 is 2.36 bits per heavy atom. The maximum absolute atomic E-state index is 11.9. The van der Waals surface area contributed by atoms with Crippen molar-refractivity contribution in [1.82, 2.24) is 10.2 Å². The molecule has 0 aromatic heterocycles. The molecule has 0 spiro atoms. The molecule has 0 saturated carbocycles. The van der Waals surface area contributed by atoms with Crippen LogP contribution in [0.3, 0.4) is 0 Å². The second-order valence-corrected chi connectivity index (χ2v) is 4.09. The van der Waals surface area contributed by atoms with Gasteiger partial charge in [-0.1, -0.05) is 0 Å². The average molecular weight is 193 g/mol. The largest absolute Gasteiger partial charge is 0.341 e. The Morgan fingerprint density at radius 3 is 2.93 bits per heavy atom. The van der Waals surface area contributed by atoms with Crippen LogP contribution in [-0.2, 0) is 4.79 Å². The standard InChI is InChI=1S/C10H15N3O/c11-5-8-2-4-13(7-8)10(14)9-1-3-12-6-9/h8-9,12H,1-4,6-7H2/t8?,9-/m0/s1. The Morgan fingerprint density at radius 1 is 1.50 bits per heavy atom. The normalized spacial score (nSPS) is 31.8. The highest BCUT2D eigenvalue weighted by molar-refractivity contribution is 5.79. The number of carbonyl (C=O) groups excluding carboxylic acids is 1. The second-order valence-electron chi connectivity index (χ2n) is 4.09. The van der Waals surface area contributed by atoms with E-state index in [1.807, 2.05) is 4.90 Å². The molecule has 0 aliphatic carbocycles. The van der Waals surface area contributed by atoms with Gasteiger partial charge in [-0.2, -0.15) is 5.26 Å². The van der Waals surface area contributed by atoms with E-state index in [0.29, 0.717) is 6.54 Å². The van der Waals surface area contributed by atoms with Gasteiger partial charge in [-0.05, 0) is 19.4 Å². The molecule has 2 aliphatic heterocycles. The first-order chi connectivity index (χ1) is 6.81. The van der Waals surface area contributed by atoms with Crippen LogP contribution in [0, 0.1) is 23.2 Å². The van der Waals surface area contributed by atoms with E-state index in [2.05, 4.69) is 11.4 Å². The molecule has 2 rings (SSSR count). The number of nitrogens with one attached hydrogen (secondary N) is 1. The summed E-state index contributed by atoms with van der Waals surface area (Å²) in [4.78, 5) is 13.7. The summed E-state index contributed by atoms with van der Waals surface area (Å²) in [5.41, 5.74) is 0. The number of hydrogen-bond acceptors (Lipinski definition) is 3. The minimum Gasteiger partial charge on any atom is -0.341 e. The summed E-state index contributed by atoms with van der Waals surface area (Å²) in [5, 5.41) is 11.9. The van der Waals surface area contributed by atoms with Gasteiger partial charge in [0.05, 0.1) is 17.9 Å². The number of amides is 1. The van der Waals surface area contributed by atoms with Crippen LogP contribution >= 0.6 is 0 Å². The topological polar surface area (TPSA) is 56.1 Å². The molecule has 2 aliphatic rings. The summed E-state index contributed by atoms with van der Waals surface area (Å²) in [7, 11) is 0. The van der Waals surface area contributed by atoms with E-state index in [-0.39, 0.29) is 17.7 Å². The third-order valence-electron chi connectivity index (χ3n) is 3.09. The molecule has 2 fully saturated rings. The van der Waals surface area contributed by atoms with E-state index in [9.17, 15) is 4.79 Å². The highest BCUT2D eigenvalue weighted by atomic mass is 16.2. The maximum Gasteiger partial charge on any atom is 0.227 e. The minimum atomic E-state index is 0.0633. The van der Waals surface area contributed by atoms with Gasteiger partial charge >= 0.3 is 0 Å². The molecule has 0 aromatic rings. The molecule has 4 heteroatoms. The van der Waals surface area contributed by atoms with E-state index in [4.69, 9.17) is 5.26 Å². The Bertz CT molecular complexity index is 265. The van der Waals surface area contributed by atoms with Crippen LogP contribution < -0.4 is 5.32 Å². The van der Waals surface area contributed by atoms with E-state index < -0.39 is 0 Å². The molecule has 0 bridgehead atoms. The van der Waals surface area contributed by atoms with Gasteiger partial charge < -0.3 is 10.2 Å². The molecule has 2 saturated heterocycles. The van der Waals surface area contributed by atoms with Gasteiger partial charge in [0, 0.05) is 19.6 Å². The molecule has 2 heterocycles. The zero-order valence-electron chi connectivity index (χ0n) is 8.20. The van der Waals surface area contributed by atoms with Crippen LogP contribution in [0.2, 0.25) is 0 Å². The maximum atomic E-state index is 11.9. The minimum absolute atomic E-state index is 0.0633. The van der Waals surface area contributed by atoms with Crippen LogP contribution in [0.4, 0.5) is 0 Å². The predicted molar refractivity (Wildman–Crippen MR) is 51.3 cm³/mol. The van der Waals surface area contributed by atoms with E-state index in [0.717, 1.165) is 32.5 Å². The lowest BCUT2D eigenvalue weighted by Gasteiger charge is -2.19. The molecule has 14 heavy (non-hydrogen) atoms. The first kappa shape index (κ1) is 9.47. The van der Waals surface area contributed by atoms with Gasteiger partial charge in [0.25, 0.3) is 0 Å². The van der Waals surface area contributed by atoms with Crippen molar-refractivity contribution in [3.05, 3.63) is 0 Å². The van der Waals surface area contributed by atoms with Crippen molar-refractivity contribution in [1.29, 1.82) is 5.26 Å². The zero-order valence-corrected chi connectivity index (χ0v) is 8.20. The Balaban J connectivity index is 1.90. The van der Waals surface area contributed by atoms with Crippen LogP contribution in [-0.4, -0.2) is 37.0 Å². The smallest absolute Gasteiger partial charge is 0.227 e. The molecule has 0 aromatic carbocycles. The molecule has 2 atom stereocenters. The Labute approximate surface area is 83.9 Å². The molecule has 1 N–H and O–H groups in total. The number of nitriles is 1. The number of rotatable bonds is 1. The number of hydrogen-bond donors (Lipinski definition) is 1. The SMILES string of the molecule is N#CC1CCN(C(=O)[C@H]2CCNC2)C1. The third-order valence-corrected chi connectivity index (χ3v) is 3.09. The van der Waals surface area contributed by atoms with Crippen molar-refractivity contribution in [2.45, 2.75) is 12.8 Å². The summed E-state index contributed by atoms with van der Waals surface area (Å²) >= 11 is 0. The van der Waals surface area contributed by atoms with Gasteiger partial charge in [-0.25, -0.2) is 0 Å². The summed E-state index contributed by atoms with van der Waals surface area (Å²) in [6.07, 6.45) is 1.80. The molecular formula is C10H15N3O. The van der Waals surface area contributed by atoms with Gasteiger partial charge in [-0.3, -0.25) is 4.79 Å². The summed E-state index contributed by atoms with van der Waals surface area (Å²) < 4.78 is 0. The fourth-order valence-corrected chi connectivity index (χ4v) is 2.19. The monoisotopic (exact) mass is 193 g/mol. The fraction of sp³-hybridized carbons (Fsp3) is 0.800. The zero-order chi connectivity index (χ0) is 9.97. The van der Waals surface area contributed by atoms with Gasteiger partial charge in [0.1, 0.15) is 0 Å². The highest BCUT2D eigenvalue weighted by Gasteiger charge is 2.31. The lowest BCUT2D eigenvalue weighted by Crippen LogP contribution is -2.35. The van der Waals surface area contributed by atoms with Crippen LogP contribution in [0.25, 0.3) is 0 Å². The molecular weight excluding hydrogens is 178 g/mol. The quantitative estimate of drug-likeness (QED) is 0.636. The van der Waals surface area contributed by atoms with Crippen molar-refractivity contribution in [2.24, 2.45) is 11.8 Å². The van der Waals surface area contributed by atoms with E-state index in [1.165, 1.54) is 0 Å². The van der Waals surface area contributed by atoms with Crippen molar-refractivity contribution >= 4 is 5.91 Å². The number of nitrogens with zero attached hydrogens (tertiary/aromatic N) is 2. The van der Waals surface area contributed by atoms with E-state index in [1.54, 1.807) is 0 Å². The molecule has 1 amide bonds. The van der Waals surface area contributed by atoms with Crippen molar-refractivity contribution in [3.63, 3.8) is 0 Å². The van der Waals surface area contributed by atoms with Crippen molar-refractivity contribution < 1.29 is 4.79 Å². The Kier molecular flexibility index (Phi) is 2.69. The van der Waals surface area contributed by atoms with Crippen LogP contribution in [0.5, 0.6) is 0 Å². The lowest BCUT2D eigenvalue weighted by atomic mass is 10.1. The fourth-order valence-electron chi connectivity index (χ4n) is 2.19. The van der Waals surface area contributed by atoms with Crippen LogP contribution in [0.1, 0.15) is 12.8 Å². The summed E-state index contributed by atoms with van der Waals surface area (Å²) in [5.74, 6) is 0.466. The summed E-state index contributed by atoms with van der Waals surface area (Å²) in [6.45, 7) is 3.18. The van der Waals surface area contributed by atoms with Crippen LogP contribution in [0.15, 0.2) is 0 Å². The third kappa shape index (κ3) is 1.73. The molecule has 4 nitrogen and oxygen atoms in total. The molecule has 1 unspecified atom stereocenters. The highest BCUT2D eigenvalue weighted by Crippen LogP contribution is 2.19. The Hall–Kier alpha value is -1.08. The van der Waals surface area contributed by atoms with Gasteiger partial charge in [0.2, 0.25) is 5.91 Å². The van der Waals surface area contributed by atoms with Crippen molar-refractivity contribution in [2.75, 3.05) is 26.2 Å². The average Bonchev–Trinajstić information content (AvgIpc) is 2.88. The van der Waals surface area contributed by atoms with E-state index >= 15 is 0 Å². The van der Waals surface area contributed by atoms with Crippen molar-refractivity contribution in [3.8, 4) is 6.07 Å². The lowest BCUT2D eigenvalue weighted by molar-refractivity contribution is -0.133. The number of carbonyl (C=O) groups is 1. The second kappa shape index (κ2) is 3.97. The molecule has 0 radical (unpaired) electrons. The predicted octanol–water partition coefficient (Wildman–Crippen LogP) is -0.0320. The first-order valence-electron chi connectivity index (χ1n) is 5.20. The van der Waals surface area contributed by atoms with Gasteiger partial charge in [-0.15, -0.1) is 0 Å².